The maximum absolute atomic E-state index is 12.7. The fraction of sp³-hybridized carbons (Fsp3) is 0.294. The van der Waals surface area contributed by atoms with Crippen molar-refractivity contribution in [3.63, 3.8) is 0 Å². The van der Waals surface area contributed by atoms with E-state index < -0.39 is 35.3 Å². The first-order chi connectivity index (χ1) is 14.7. The fourth-order valence-corrected chi connectivity index (χ4v) is 4.37. The molecule has 2 atom stereocenters. The molecule has 3 heterocycles. The number of rotatable bonds is 7. The van der Waals surface area contributed by atoms with Crippen LogP contribution in [0.25, 0.3) is 0 Å². The summed E-state index contributed by atoms with van der Waals surface area (Å²) in [7, 11) is 1.24. The molecule has 2 unspecified atom stereocenters. The van der Waals surface area contributed by atoms with E-state index in [1.165, 1.54) is 31.0 Å². The molecule has 13 nitrogen and oxygen atoms in total. The smallest absolute Gasteiger partial charge is 0.404 e. The molecule has 1 fully saturated rings. The highest BCUT2D eigenvalue weighted by Crippen LogP contribution is 2.40. The molecule has 2 aliphatic rings. The minimum absolute atomic E-state index is 0.135. The van der Waals surface area contributed by atoms with Gasteiger partial charge >= 0.3 is 12.1 Å². The molecule has 1 saturated heterocycles. The van der Waals surface area contributed by atoms with Crippen LogP contribution in [-0.2, 0) is 24.0 Å². The normalized spacial score (nSPS) is 20.5. The number of thioether (sulfide) groups is 1. The van der Waals surface area contributed by atoms with Crippen molar-refractivity contribution in [2.75, 3.05) is 25.2 Å². The van der Waals surface area contributed by atoms with E-state index in [0.717, 1.165) is 4.90 Å². The van der Waals surface area contributed by atoms with E-state index in [2.05, 4.69) is 20.2 Å². The maximum atomic E-state index is 12.7. The lowest BCUT2D eigenvalue weighted by Crippen LogP contribution is -2.71. The van der Waals surface area contributed by atoms with Crippen molar-refractivity contribution in [1.82, 2.24) is 15.2 Å². The molecule has 0 spiro atoms. The van der Waals surface area contributed by atoms with Crippen molar-refractivity contribution in [3.05, 3.63) is 35.2 Å². The molecule has 0 aromatic carbocycles. The quantitative estimate of drug-likeness (QED) is 0.223. The summed E-state index contributed by atoms with van der Waals surface area (Å²) in [6, 6.07) is 3.59. The summed E-state index contributed by atoms with van der Waals surface area (Å²) in [6.07, 6.45) is -1.07. The number of hydrogen-bond donors (Lipinski definition) is 4. The SMILES string of the molecule is CO/N=C(/C(=O)NC1C(=O)N2C(C(=O)O)=C(COC(N)=O)CSC12)c1cccc(N)n1. The van der Waals surface area contributed by atoms with Crippen molar-refractivity contribution < 1.29 is 33.9 Å². The largest absolute Gasteiger partial charge is 0.477 e. The van der Waals surface area contributed by atoms with Gasteiger partial charge < -0.3 is 31.5 Å². The van der Waals surface area contributed by atoms with Crippen molar-refractivity contribution in [3.8, 4) is 0 Å². The molecule has 0 saturated carbocycles. The van der Waals surface area contributed by atoms with Gasteiger partial charge in [0, 0.05) is 11.3 Å². The average molecular weight is 450 g/mol. The van der Waals surface area contributed by atoms with Crippen molar-refractivity contribution >= 4 is 47.2 Å². The van der Waals surface area contributed by atoms with Gasteiger partial charge in [0.1, 0.15) is 42.3 Å². The number of nitrogen functional groups attached to an aromatic ring is 1. The van der Waals surface area contributed by atoms with Crippen LogP contribution in [0.2, 0.25) is 0 Å². The highest BCUT2D eigenvalue weighted by molar-refractivity contribution is 8.00. The number of carbonyl (C=O) groups excluding carboxylic acids is 3. The third kappa shape index (κ3) is 4.37. The summed E-state index contributed by atoms with van der Waals surface area (Å²) in [4.78, 5) is 57.7. The third-order valence-electron chi connectivity index (χ3n) is 4.34. The Morgan fingerprint density at radius 2 is 2.16 bits per heavy atom. The highest BCUT2D eigenvalue weighted by Gasteiger charge is 2.54. The molecule has 6 N–H and O–H groups in total. The Balaban J connectivity index is 1.79. The van der Waals surface area contributed by atoms with E-state index in [0.29, 0.717) is 0 Å². The van der Waals surface area contributed by atoms with Gasteiger partial charge in [-0.3, -0.25) is 14.5 Å². The van der Waals surface area contributed by atoms with Crippen LogP contribution in [0.15, 0.2) is 34.6 Å². The summed E-state index contributed by atoms with van der Waals surface area (Å²) in [5.74, 6) is -2.44. The zero-order chi connectivity index (χ0) is 22.7. The fourth-order valence-electron chi connectivity index (χ4n) is 3.04. The lowest BCUT2D eigenvalue weighted by atomic mass is 10.0. The van der Waals surface area contributed by atoms with E-state index in [9.17, 15) is 24.3 Å². The summed E-state index contributed by atoms with van der Waals surface area (Å²) in [5, 5.41) is 15.1. The topological polar surface area (TPSA) is 200 Å². The van der Waals surface area contributed by atoms with Gasteiger partial charge in [0.25, 0.3) is 11.8 Å². The Hall–Kier alpha value is -3.81. The van der Waals surface area contributed by atoms with Gasteiger partial charge in [-0.15, -0.1) is 11.8 Å². The number of carbonyl (C=O) groups is 4. The second-order valence-electron chi connectivity index (χ2n) is 6.30. The number of β-lactam (4-membered cyclic amide) rings is 1. The predicted molar refractivity (Wildman–Crippen MR) is 107 cm³/mol. The number of nitrogens with two attached hydrogens (primary N) is 2. The number of pyridine rings is 1. The third-order valence-corrected chi connectivity index (χ3v) is 5.68. The minimum Gasteiger partial charge on any atom is -0.477 e. The molecule has 3 rings (SSSR count). The summed E-state index contributed by atoms with van der Waals surface area (Å²) in [6.45, 7) is -0.358. The lowest BCUT2D eigenvalue weighted by Gasteiger charge is -2.49. The summed E-state index contributed by atoms with van der Waals surface area (Å²) in [5.41, 5.74) is 10.4. The number of oxime groups is 1. The van der Waals surface area contributed by atoms with Crippen LogP contribution in [0.4, 0.5) is 10.6 Å². The number of nitrogens with zero attached hydrogens (tertiary/aromatic N) is 3. The van der Waals surface area contributed by atoms with Gasteiger partial charge in [-0.25, -0.2) is 14.6 Å². The molecule has 1 aromatic heterocycles. The van der Waals surface area contributed by atoms with Gasteiger partial charge in [0.05, 0.1) is 0 Å². The van der Waals surface area contributed by atoms with Gasteiger partial charge in [-0.2, -0.15) is 0 Å². The first kappa shape index (κ1) is 21.9. The Bertz CT molecular complexity index is 1010. The summed E-state index contributed by atoms with van der Waals surface area (Å²) >= 11 is 1.20. The number of hydrogen-bond acceptors (Lipinski definition) is 10. The Labute approximate surface area is 179 Å². The Kier molecular flexibility index (Phi) is 6.29. The molecule has 3 amide bonds. The number of aromatic nitrogens is 1. The summed E-state index contributed by atoms with van der Waals surface area (Å²) < 4.78 is 4.66. The average Bonchev–Trinajstić information content (AvgIpc) is 2.73. The van der Waals surface area contributed by atoms with Crippen LogP contribution in [0.3, 0.4) is 0 Å². The number of nitrogens with one attached hydrogen (secondary N) is 1. The van der Waals surface area contributed by atoms with E-state index in [-0.39, 0.29) is 40.9 Å². The van der Waals surface area contributed by atoms with Crippen molar-refractivity contribution in [1.29, 1.82) is 0 Å². The van der Waals surface area contributed by atoms with E-state index >= 15 is 0 Å². The molecule has 31 heavy (non-hydrogen) atoms. The van der Waals surface area contributed by atoms with Crippen LogP contribution < -0.4 is 16.8 Å². The number of anilines is 1. The Morgan fingerprint density at radius 1 is 1.42 bits per heavy atom. The van der Waals surface area contributed by atoms with Gasteiger partial charge in [0.15, 0.2) is 5.71 Å². The van der Waals surface area contributed by atoms with Crippen LogP contribution in [-0.4, -0.2) is 75.5 Å². The number of amides is 3. The zero-order valence-corrected chi connectivity index (χ0v) is 16.9. The van der Waals surface area contributed by atoms with Gasteiger partial charge in [-0.05, 0) is 12.1 Å². The number of ether oxygens (including phenoxy) is 1. The molecule has 14 heteroatoms. The zero-order valence-electron chi connectivity index (χ0n) is 16.1. The van der Waals surface area contributed by atoms with E-state index in [1.54, 1.807) is 6.07 Å². The second kappa shape index (κ2) is 8.91. The number of primary amides is 1. The standard InChI is InChI=1S/C17H18N6O7S/c1-29-22-10(8-3-2-4-9(18)20-8)13(24)21-11-14(25)23-12(16(26)27)7(5-30-17(19)28)6-31-15(11)23/h2-4,11,15H,5-6H2,1H3,(H2,18,20)(H2,19,28)(H,21,24)(H,26,27)/b22-10+. The van der Waals surface area contributed by atoms with E-state index in [1.807, 2.05) is 0 Å². The molecule has 164 valence electrons. The monoisotopic (exact) mass is 450 g/mol. The minimum atomic E-state index is -1.36. The molecule has 0 bridgehead atoms. The maximum Gasteiger partial charge on any atom is 0.404 e. The lowest BCUT2D eigenvalue weighted by molar-refractivity contribution is -0.150. The number of aliphatic carboxylic acids is 1. The predicted octanol–water partition coefficient (Wildman–Crippen LogP) is -1.15. The second-order valence-corrected chi connectivity index (χ2v) is 7.40. The first-order valence-electron chi connectivity index (χ1n) is 8.71. The molecule has 0 aliphatic carbocycles. The molecule has 0 radical (unpaired) electrons. The van der Waals surface area contributed by atoms with Crippen LogP contribution in [0.1, 0.15) is 5.69 Å². The molecule has 1 aromatic rings. The molecule has 2 aliphatic heterocycles. The van der Waals surface area contributed by atoms with Crippen molar-refractivity contribution in [2.24, 2.45) is 10.9 Å². The number of carboxylic acids is 1. The van der Waals surface area contributed by atoms with E-state index in [4.69, 9.17) is 16.3 Å². The van der Waals surface area contributed by atoms with Crippen molar-refractivity contribution in [2.45, 2.75) is 11.4 Å². The van der Waals surface area contributed by atoms with Gasteiger partial charge in [-0.1, -0.05) is 11.2 Å². The highest BCUT2D eigenvalue weighted by atomic mass is 32.2. The molecular formula is C17H18N6O7S. The van der Waals surface area contributed by atoms with Crippen LogP contribution >= 0.6 is 11.8 Å². The molecular weight excluding hydrogens is 432 g/mol. The Morgan fingerprint density at radius 3 is 2.77 bits per heavy atom. The number of fused-ring (bicyclic) bond motifs is 1. The van der Waals surface area contributed by atoms with Gasteiger partial charge in [0.2, 0.25) is 0 Å². The van der Waals surface area contributed by atoms with Crippen LogP contribution in [0.5, 0.6) is 0 Å². The first-order valence-corrected chi connectivity index (χ1v) is 9.76. The number of carboxylic acid groups (broad SMARTS) is 1. The van der Waals surface area contributed by atoms with Crippen LogP contribution in [0, 0.1) is 0 Å².